The average Bonchev–Trinajstić information content (AvgIpc) is 2.82. The zero-order valence-electron chi connectivity index (χ0n) is 20.7. The van der Waals surface area contributed by atoms with Crippen LogP contribution >= 0.6 is 0 Å². The van der Waals surface area contributed by atoms with Crippen LogP contribution in [0.4, 0.5) is 44.3 Å². The molecule has 1 rings (SSSR count). The second-order valence-corrected chi connectivity index (χ2v) is 7.81. The molecule has 0 aromatic heterocycles. The summed E-state index contributed by atoms with van der Waals surface area (Å²) in [5.41, 5.74) is 0.595. The van der Waals surface area contributed by atoms with Crippen molar-refractivity contribution in [2.75, 3.05) is 39.5 Å². The monoisotopic (exact) mass is 586 g/mol. The molecule has 0 radical (unpaired) electrons. The van der Waals surface area contributed by atoms with Gasteiger partial charge in [0.05, 0.1) is 13.2 Å². The highest BCUT2D eigenvalue weighted by Crippen LogP contribution is 2.53. The van der Waals surface area contributed by atoms with E-state index in [0.717, 1.165) is 4.90 Å². The van der Waals surface area contributed by atoms with Crippen LogP contribution in [0, 0.1) is 0 Å². The van der Waals surface area contributed by atoms with Crippen LogP contribution in [-0.2, 0) is 20.7 Å². The van der Waals surface area contributed by atoms with Gasteiger partial charge in [-0.05, 0) is 31.5 Å². The molecule has 8 nitrogen and oxygen atoms in total. The molecule has 0 fully saturated rings. The molecule has 1 aromatic rings. The lowest BCUT2D eigenvalue weighted by Gasteiger charge is -2.33. The number of benzene rings is 1. The fourth-order valence-corrected chi connectivity index (χ4v) is 2.94. The van der Waals surface area contributed by atoms with Gasteiger partial charge in [0.1, 0.15) is 12.4 Å². The summed E-state index contributed by atoms with van der Waals surface area (Å²) >= 11 is 0. The third-order valence-corrected chi connectivity index (χ3v) is 4.99. The molecule has 1 aromatic carbocycles. The molecule has 2 amide bonds. The number of alkyl halides is 9. The minimum absolute atomic E-state index is 0.0453. The summed E-state index contributed by atoms with van der Waals surface area (Å²) in [6, 6.07) is 5.09. The molecule has 0 aliphatic rings. The second kappa shape index (κ2) is 13.9. The van der Waals surface area contributed by atoms with Gasteiger partial charge in [-0.2, -0.15) is 39.5 Å². The number of rotatable bonds is 16. The third kappa shape index (κ3) is 9.05. The van der Waals surface area contributed by atoms with Gasteiger partial charge < -0.3 is 29.5 Å². The molecule has 0 bridgehead atoms. The van der Waals surface area contributed by atoms with Gasteiger partial charge in [-0.15, -0.1) is 0 Å². The van der Waals surface area contributed by atoms with E-state index in [9.17, 15) is 49.1 Å². The zero-order chi connectivity index (χ0) is 30.1. The van der Waals surface area contributed by atoms with Crippen LogP contribution in [0.2, 0.25) is 0 Å². The van der Waals surface area contributed by atoms with Gasteiger partial charge in [-0.25, -0.2) is 9.59 Å². The van der Waals surface area contributed by atoms with Gasteiger partial charge >= 0.3 is 36.1 Å². The number of hydrogen-bond acceptors (Lipinski definition) is 5. The molecule has 1 unspecified atom stereocenters. The lowest BCUT2D eigenvalue weighted by Crippen LogP contribution is -2.62. The number of carbonyl (C=O) groups excluding carboxylic acids is 1. The molecule has 39 heavy (non-hydrogen) atoms. The van der Waals surface area contributed by atoms with Crippen LogP contribution in [0.25, 0.3) is 0 Å². The van der Waals surface area contributed by atoms with Crippen molar-refractivity contribution < 1.29 is 68.4 Å². The summed E-state index contributed by atoms with van der Waals surface area (Å²) in [5.74, 6) is -14.9. The Balaban J connectivity index is 2.76. The maximum Gasteiger partial charge on any atom is 0.460 e. The van der Waals surface area contributed by atoms with Gasteiger partial charge in [-0.3, -0.25) is 0 Å². The number of amides is 2. The number of urea groups is 1. The Morgan fingerprint density at radius 1 is 0.923 bits per heavy atom. The molecule has 0 heterocycles. The summed E-state index contributed by atoms with van der Waals surface area (Å²) in [4.78, 5) is 24.0. The van der Waals surface area contributed by atoms with Crippen molar-refractivity contribution in [3.8, 4) is 5.75 Å². The summed E-state index contributed by atoms with van der Waals surface area (Å²) in [7, 11) is 0. The molecule has 0 aliphatic heterocycles. The number of ether oxygens (including phenoxy) is 3. The van der Waals surface area contributed by atoms with Crippen molar-refractivity contribution in [3.63, 3.8) is 0 Å². The molecule has 0 spiro atoms. The quantitative estimate of drug-likeness (QED) is 0.276. The van der Waals surface area contributed by atoms with E-state index in [4.69, 9.17) is 14.6 Å². The number of hydrogen-bond donors (Lipinski definition) is 2. The van der Waals surface area contributed by atoms with Crippen molar-refractivity contribution in [2.45, 2.75) is 50.5 Å². The summed E-state index contributed by atoms with van der Waals surface area (Å²) in [6.45, 7) is 0.289. The fraction of sp³-hybridized carbons (Fsp3) is 0.636. The van der Waals surface area contributed by atoms with Crippen LogP contribution in [-0.4, -0.2) is 91.7 Å². The van der Waals surface area contributed by atoms with Crippen LogP contribution < -0.4 is 10.1 Å². The van der Waals surface area contributed by atoms with Crippen molar-refractivity contribution in [3.05, 3.63) is 29.8 Å². The summed E-state index contributed by atoms with van der Waals surface area (Å²) in [6.07, 6.45) is -14.2. The normalized spacial score (nSPS) is 13.6. The Bertz CT molecular complexity index is 930. The Morgan fingerprint density at radius 3 is 1.97 bits per heavy atom. The Morgan fingerprint density at radius 2 is 1.49 bits per heavy atom. The Hall–Kier alpha value is -2.95. The van der Waals surface area contributed by atoms with Gasteiger partial charge in [-0.1, -0.05) is 12.1 Å². The number of halogens is 9. The van der Waals surface area contributed by atoms with Crippen molar-refractivity contribution >= 4 is 12.0 Å². The van der Waals surface area contributed by atoms with Gasteiger partial charge in [0.15, 0.2) is 6.10 Å². The fourth-order valence-electron chi connectivity index (χ4n) is 2.94. The molecular weight excluding hydrogens is 559 g/mol. The van der Waals surface area contributed by atoms with Crippen LogP contribution in [0.5, 0.6) is 5.75 Å². The zero-order valence-corrected chi connectivity index (χ0v) is 20.7. The van der Waals surface area contributed by atoms with Crippen molar-refractivity contribution in [1.82, 2.24) is 10.2 Å². The number of carboxylic acids is 1. The van der Waals surface area contributed by atoms with E-state index in [0.29, 0.717) is 5.56 Å². The van der Waals surface area contributed by atoms with Crippen LogP contribution in [0.1, 0.15) is 19.4 Å². The molecule has 2 N–H and O–H groups in total. The first-order chi connectivity index (χ1) is 17.9. The number of carbonyl (C=O) groups is 2. The number of aliphatic carboxylic acids is 1. The first-order valence-electron chi connectivity index (χ1n) is 11.3. The van der Waals surface area contributed by atoms with E-state index in [1.54, 1.807) is 19.1 Å². The van der Waals surface area contributed by atoms with E-state index < -0.39 is 55.4 Å². The SMILES string of the molecule is CCNC(=O)N(CCOc1ccc(CC(OCC)C(=O)O)cc1)CCOC(F)(F)C(F)(F)C(F)(F)C(F)(F)F. The first-order valence-corrected chi connectivity index (χ1v) is 11.3. The minimum atomic E-state index is -7.09. The van der Waals surface area contributed by atoms with Crippen LogP contribution in [0.3, 0.4) is 0 Å². The molecule has 0 saturated heterocycles. The lowest BCUT2D eigenvalue weighted by atomic mass is 10.1. The van der Waals surface area contributed by atoms with Crippen molar-refractivity contribution in [2.24, 2.45) is 0 Å². The van der Waals surface area contributed by atoms with Gasteiger partial charge in [0.25, 0.3) is 0 Å². The minimum Gasteiger partial charge on any atom is -0.492 e. The standard InChI is InChI=1S/C22H27F9N2O6/c1-3-32-18(36)33(10-12-39-22(30,31)20(25,26)19(23,24)21(27,28)29)9-11-38-15-7-5-14(6-8-15)13-16(17(34)35)37-4-2/h5-8,16H,3-4,9-13H2,1-2H3,(H,32,36)(H,34,35). The molecule has 0 saturated carbocycles. The number of nitrogens with one attached hydrogen (secondary N) is 1. The predicted molar refractivity (Wildman–Crippen MR) is 116 cm³/mol. The molecule has 17 heteroatoms. The molecule has 224 valence electrons. The lowest BCUT2D eigenvalue weighted by molar-refractivity contribution is -0.443. The topological polar surface area (TPSA) is 97.3 Å². The van der Waals surface area contributed by atoms with E-state index in [1.807, 2.05) is 0 Å². The van der Waals surface area contributed by atoms with Crippen LogP contribution in [0.15, 0.2) is 24.3 Å². The maximum absolute atomic E-state index is 13.6. The molecule has 1 atom stereocenters. The van der Waals surface area contributed by atoms with E-state index in [2.05, 4.69) is 10.1 Å². The smallest absolute Gasteiger partial charge is 0.460 e. The molecule has 0 aliphatic carbocycles. The summed E-state index contributed by atoms with van der Waals surface area (Å²) in [5, 5.41) is 11.4. The first kappa shape index (κ1) is 34.1. The van der Waals surface area contributed by atoms with E-state index in [1.165, 1.54) is 19.1 Å². The van der Waals surface area contributed by atoms with Gasteiger partial charge in [0.2, 0.25) is 0 Å². The number of carboxylic acid groups (broad SMARTS) is 1. The average molecular weight is 586 g/mol. The van der Waals surface area contributed by atoms with Gasteiger partial charge in [0, 0.05) is 26.1 Å². The second-order valence-electron chi connectivity index (χ2n) is 7.81. The maximum atomic E-state index is 13.6. The Kier molecular flexibility index (Phi) is 12.2. The predicted octanol–water partition coefficient (Wildman–Crippen LogP) is 4.57. The third-order valence-electron chi connectivity index (χ3n) is 4.99. The highest BCUT2D eigenvalue weighted by molar-refractivity contribution is 5.74. The summed E-state index contributed by atoms with van der Waals surface area (Å²) < 4.78 is 130. The van der Waals surface area contributed by atoms with E-state index in [-0.39, 0.29) is 38.5 Å². The number of nitrogens with zero attached hydrogens (tertiary/aromatic N) is 1. The highest BCUT2D eigenvalue weighted by atomic mass is 19.4. The van der Waals surface area contributed by atoms with Crippen molar-refractivity contribution in [1.29, 1.82) is 0 Å². The van der Waals surface area contributed by atoms with E-state index >= 15 is 0 Å². The highest BCUT2D eigenvalue weighted by Gasteiger charge is 2.82. The largest absolute Gasteiger partial charge is 0.492 e. The molecular formula is C22H27F9N2O6. The Labute approximate surface area is 217 Å².